The summed E-state index contributed by atoms with van der Waals surface area (Å²) in [6.45, 7) is 2.46. The largest absolute Gasteiger partial charge is 0.393 e. The zero-order valence-corrected chi connectivity index (χ0v) is 11.2. The first-order valence-corrected chi connectivity index (χ1v) is 7.27. The predicted octanol–water partition coefficient (Wildman–Crippen LogP) is 3.05. The minimum Gasteiger partial charge on any atom is -0.393 e. The quantitative estimate of drug-likeness (QED) is 0.840. The molecule has 18 heavy (non-hydrogen) atoms. The summed E-state index contributed by atoms with van der Waals surface area (Å²) in [6.07, 6.45) is 4.73. The van der Waals surface area contributed by atoms with Crippen LogP contribution in [0.25, 0.3) is 0 Å². The van der Waals surface area contributed by atoms with E-state index in [0.29, 0.717) is 13.0 Å². The molecule has 2 saturated carbocycles. The Labute approximate surface area is 108 Å². The minimum absolute atomic E-state index is 0.143. The van der Waals surface area contributed by atoms with E-state index in [1.165, 1.54) is 12.8 Å². The number of alkyl halides is 2. The smallest absolute Gasteiger partial charge is 0.251 e. The van der Waals surface area contributed by atoms with E-state index >= 15 is 0 Å². The highest BCUT2D eigenvalue weighted by atomic mass is 19.3. The van der Waals surface area contributed by atoms with Crippen molar-refractivity contribution in [1.29, 1.82) is 0 Å². The van der Waals surface area contributed by atoms with Crippen LogP contribution in [-0.2, 0) is 0 Å². The van der Waals surface area contributed by atoms with E-state index in [9.17, 15) is 13.9 Å². The van der Waals surface area contributed by atoms with Crippen molar-refractivity contribution >= 4 is 0 Å². The van der Waals surface area contributed by atoms with Gasteiger partial charge in [-0.1, -0.05) is 19.8 Å². The van der Waals surface area contributed by atoms with E-state index < -0.39 is 6.43 Å². The van der Waals surface area contributed by atoms with Gasteiger partial charge in [-0.25, -0.2) is 8.78 Å². The van der Waals surface area contributed by atoms with Crippen molar-refractivity contribution in [2.45, 2.75) is 70.4 Å². The Morgan fingerprint density at radius 3 is 2.50 bits per heavy atom. The molecule has 2 fully saturated rings. The fraction of sp³-hybridized carbons (Fsp3) is 1.00. The van der Waals surface area contributed by atoms with Crippen LogP contribution >= 0.6 is 0 Å². The van der Waals surface area contributed by atoms with Crippen LogP contribution in [0.5, 0.6) is 0 Å². The summed E-state index contributed by atoms with van der Waals surface area (Å²) in [6, 6.07) is 0.155. The van der Waals surface area contributed by atoms with Crippen LogP contribution in [0.3, 0.4) is 0 Å². The van der Waals surface area contributed by atoms with Gasteiger partial charge in [-0.05, 0) is 44.1 Å². The van der Waals surface area contributed by atoms with Gasteiger partial charge in [0.2, 0.25) is 0 Å². The van der Waals surface area contributed by atoms with Crippen molar-refractivity contribution in [1.82, 2.24) is 4.90 Å². The summed E-state index contributed by atoms with van der Waals surface area (Å²) >= 11 is 0. The molecule has 2 aliphatic rings. The first kappa shape index (κ1) is 14.2. The Bertz CT molecular complexity index is 267. The highest BCUT2D eigenvalue weighted by Crippen LogP contribution is 2.50. The third-order valence-corrected chi connectivity index (χ3v) is 5.00. The molecule has 106 valence electrons. The molecule has 2 rings (SSSR count). The maximum Gasteiger partial charge on any atom is 0.251 e. The van der Waals surface area contributed by atoms with Gasteiger partial charge in [0, 0.05) is 6.04 Å². The van der Waals surface area contributed by atoms with Crippen LogP contribution in [0, 0.1) is 5.41 Å². The van der Waals surface area contributed by atoms with Crippen molar-refractivity contribution in [3.05, 3.63) is 0 Å². The van der Waals surface area contributed by atoms with E-state index in [1.54, 1.807) is 0 Å². The van der Waals surface area contributed by atoms with Gasteiger partial charge < -0.3 is 5.11 Å². The molecule has 0 heterocycles. The van der Waals surface area contributed by atoms with Gasteiger partial charge in [0.15, 0.2) is 0 Å². The lowest BCUT2D eigenvalue weighted by molar-refractivity contribution is -0.0433. The van der Waals surface area contributed by atoms with E-state index in [-0.39, 0.29) is 24.1 Å². The molecule has 0 saturated heterocycles. The molecule has 0 bridgehead atoms. The second kappa shape index (κ2) is 5.83. The molecule has 4 heteroatoms. The number of hydrogen-bond donors (Lipinski definition) is 1. The minimum atomic E-state index is -2.28. The number of hydrogen-bond acceptors (Lipinski definition) is 2. The van der Waals surface area contributed by atoms with E-state index in [0.717, 1.165) is 25.7 Å². The molecule has 2 nitrogen and oxygen atoms in total. The average Bonchev–Trinajstić information content (AvgIpc) is 2.79. The zero-order chi connectivity index (χ0) is 13.2. The van der Waals surface area contributed by atoms with Crippen LogP contribution < -0.4 is 0 Å². The van der Waals surface area contributed by atoms with Crippen LogP contribution in [0.2, 0.25) is 0 Å². The molecule has 0 aromatic carbocycles. The molecular weight excluding hydrogens is 236 g/mol. The molecule has 2 aliphatic carbocycles. The fourth-order valence-corrected chi connectivity index (χ4v) is 4.10. The normalized spacial score (nSPS) is 31.7. The molecule has 0 amide bonds. The van der Waals surface area contributed by atoms with Crippen LogP contribution in [0.15, 0.2) is 0 Å². The highest BCUT2D eigenvalue weighted by Gasteiger charge is 2.47. The monoisotopic (exact) mass is 261 g/mol. The lowest BCUT2D eigenvalue weighted by Crippen LogP contribution is -2.52. The predicted molar refractivity (Wildman–Crippen MR) is 67.8 cm³/mol. The summed E-state index contributed by atoms with van der Waals surface area (Å²) < 4.78 is 25.4. The zero-order valence-electron chi connectivity index (χ0n) is 11.2. The van der Waals surface area contributed by atoms with Gasteiger partial charge in [0.25, 0.3) is 6.43 Å². The molecule has 1 N–H and O–H groups in total. The summed E-state index contributed by atoms with van der Waals surface area (Å²) in [7, 11) is 0. The molecule has 1 spiro atoms. The molecule has 0 aliphatic heterocycles. The fourth-order valence-electron chi connectivity index (χ4n) is 4.10. The molecule has 0 radical (unpaired) electrons. The van der Waals surface area contributed by atoms with Crippen molar-refractivity contribution in [2.24, 2.45) is 5.41 Å². The van der Waals surface area contributed by atoms with E-state index in [1.807, 2.05) is 11.8 Å². The third-order valence-electron chi connectivity index (χ3n) is 5.00. The van der Waals surface area contributed by atoms with Crippen molar-refractivity contribution in [3.63, 3.8) is 0 Å². The van der Waals surface area contributed by atoms with Crippen LogP contribution in [-0.4, -0.2) is 41.7 Å². The standard InChI is InChI=1S/C14H25F2NO/c1-2-17(10-13(15)16)12-9-11(18)5-8-14(12)6-3-4-7-14/h11-13,18H,2-10H2,1H3. The van der Waals surface area contributed by atoms with Crippen molar-refractivity contribution < 1.29 is 13.9 Å². The third kappa shape index (κ3) is 2.85. The summed E-state index contributed by atoms with van der Waals surface area (Å²) in [4.78, 5) is 1.92. The second-order valence-corrected chi connectivity index (χ2v) is 5.99. The number of rotatable bonds is 4. The van der Waals surface area contributed by atoms with E-state index in [2.05, 4.69) is 0 Å². The summed E-state index contributed by atoms with van der Waals surface area (Å²) in [5, 5.41) is 9.89. The van der Waals surface area contributed by atoms with Gasteiger partial charge >= 0.3 is 0 Å². The molecule has 0 aromatic heterocycles. The maximum atomic E-state index is 12.7. The summed E-state index contributed by atoms with van der Waals surface area (Å²) in [5.41, 5.74) is 0.212. The van der Waals surface area contributed by atoms with Gasteiger partial charge in [-0.15, -0.1) is 0 Å². The topological polar surface area (TPSA) is 23.5 Å². The Balaban J connectivity index is 2.13. The molecule has 0 aromatic rings. The van der Waals surface area contributed by atoms with Gasteiger partial charge in [0.1, 0.15) is 0 Å². The SMILES string of the molecule is CCN(CC(F)F)C1CC(O)CCC12CCCC2. The Kier molecular flexibility index (Phi) is 4.59. The first-order chi connectivity index (χ1) is 8.57. The lowest BCUT2D eigenvalue weighted by atomic mass is 9.67. The molecule has 2 unspecified atom stereocenters. The number of halogens is 2. The van der Waals surface area contributed by atoms with E-state index in [4.69, 9.17) is 0 Å². The summed E-state index contributed by atoms with van der Waals surface area (Å²) in [5.74, 6) is 0. The van der Waals surface area contributed by atoms with Crippen LogP contribution in [0.1, 0.15) is 51.9 Å². The maximum absolute atomic E-state index is 12.7. The molecular formula is C14H25F2NO. The molecule has 2 atom stereocenters. The van der Waals surface area contributed by atoms with Crippen molar-refractivity contribution in [2.75, 3.05) is 13.1 Å². The Morgan fingerprint density at radius 2 is 1.94 bits per heavy atom. The van der Waals surface area contributed by atoms with Gasteiger partial charge in [0.05, 0.1) is 12.6 Å². The number of aliphatic hydroxyl groups is 1. The Hall–Kier alpha value is -0.220. The van der Waals surface area contributed by atoms with Gasteiger partial charge in [-0.2, -0.15) is 0 Å². The second-order valence-electron chi connectivity index (χ2n) is 5.99. The average molecular weight is 261 g/mol. The van der Waals surface area contributed by atoms with Crippen molar-refractivity contribution in [3.8, 4) is 0 Å². The number of nitrogens with zero attached hydrogens (tertiary/aromatic N) is 1. The van der Waals surface area contributed by atoms with Crippen LogP contribution in [0.4, 0.5) is 8.78 Å². The Morgan fingerprint density at radius 1 is 1.28 bits per heavy atom. The number of aliphatic hydroxyl groups excluding tert-OH is 1. The van der Waals surface area contributed by atoms with Gasteiger partial charge in [-0.3, -0.25) is 4.90 Å². The highest BCUT2D eigenvalue weighted by molar-refractivity contribution is 5.00. The first-order valence-electron chi connectivity index (χ1n) is 7.27. The lowest BCUT2D eigenvalue weighted by Gasteiger charge is -2.48.